The van der Waals surface area contributed by atoms with E-state index in [1.54, 1.807) is 24.3 Å². The molecule has 2 amide bonds. The lowest BCUT2D eigenvalue weighted by atomic mass is 9.88. The molecule has 0 saturated heterocycles. The van der Waals surface area contributed by atoms with Gasteiger partial charge in [-0.3, -0.25) is 0 Å². The van der Waals surface area contributed by atoms with Gasteiger partial charge in [0.2, 0.25) is 0 Å². The summed E-state index contributed by atoms with van der Waals surface area (Å²) in [6.45, 7) is 0. The average Bonchev–Trinajstić information content (AvgIpc) is 3.13. The van der Waals surface area contributed by atoms with Gasteiger partial charge < -0.3 is 16.0 Å². The first-order chi connectivity index (χ1) is 15.6. The van der Waals surface area contributed by atoms with E-state index in [1.807, 2.05) is 0 Å². The molecule has 1 aromatic heterocycles. The number of alkyl halides is 3. The van der Waals surface area contributed by atoms with Crippen LogP contribution in [0.2, 0.25) is 0 Å². The molecule has 0 unspecified atom stereocenters. The Balaban J connectivity index is 1.63. The molecular weight excluding hydrogens is 441 g/mol. The van der Waals surface area contributed by atoms with Gasteiger partial charge in [-0.2, -0.15) is 13.2 Å². The molecule has 4 nitrogen and oxygen atoms in total. The third-order valence-corrected chi connectivity index (χ3v) is 5.89. The Hall–Kier alpha value is -3.88. The number of urea groups is 1. The van der Waals surface area contributed by atoms with Gasteiger partial charge in [0.15, 0.2) is 5.82 Å². The third-order valence-electron chi connectivity index (χ3n) is 5.89. The highest BCUT2D eigenvalue weighted by atomic mass is 19.4. The van der Waals surface area contributed by atoms with Gasteiger partial charge in [0.25, 0.3) is 0 Å². The van der Waals surface area contributed by atoms with Crippen LogP contribution in [0, 0.1) is 11.6 Å². The number of aryl methyl sites for hydroxylation is 2. The van der Waals surface area contributed by atoms with Crippen molar-refractivity contribution in [1.82, 2.24) is 4.98 Å². The second-order valence-electron chi connectivity index (χ2n) is 7.88. The highest BCUT2D eigenvalue weighted by Crippen LogP contribution is 2.41. The maximum atomic E-state index is 15.5. The number of halogens is 5. The second kappa shape index (κ2) is 7.33. The van der Waals surface area contributed by atoms with E-state index >= 15 is 4.39 Å². The SMILES string of the molecule is NC(=O)Nc1ccc2c(c1)CCc1c-2[nH]c2c(F)c(-c3ccc(F)c(C(F)(F)F)c3)ccc12. The largest absolute Gasteiger partial charge is 0.419 e. The highest BCUT2D eigenvalue weighted by molar-refractivity contribution is 5.96. The van der Waals surface area contributed by atoms with E-state index in [0.717, 1.165) is 22.8 Å². The number of rotatable bonds is 2. The van der Waals surface area contributed by atoms with Crippen LogP contribution < -0.4 is 11.1 Å². The lowest BCUT2D eigenvalue weighted by molar-refractivity contribution is -0.139. The van der Waals surface area contributed by atoms with Crippen LogP contribution in [0.3, 0.4) is 0 Å². The van der Waals surface area contributed by atoms with E-state index < -0.39 is 29.4 Å². The number of carbonyl (C=O) groups is 1. The molecule has 168 valence electrons. The maximum absolute atomic E-state index is 15.5. The molecule has 0 spiro atoms. The lowest BCUT2D eigenvalue weighted by Crippen LogP contribution is -2.19. The number of aromatic nitrogens is 1. The minimum absolute atomic E-state index is 0.0622. The molecule has 0 atom stereocenters. The van der Waals surface area contributed by atoms with Gasteiger partial charge in [0.1, 0.15) is 5.82 Å². The quantitative estimate of drug-likeness (QED) is 0.300. The molecule has 0 aliphatic heterocycles. The van der Waals surface area contributed by atoms with Crippen molar-refractivity contribution in [2.75, 3.05) is 5.32 Å². The Kier molecular flexibility index (Phi) is 4.66. The van der Waals surface area contributed by atoms with Crippen LogP contribution in [0.25, 0.3) is 33.3 Å². The van der Waals surface area contributed by atoms with Crippen LogP contribution in [0.4, 0.5) is 32.4 Å². The van der Waals surface area contributed by atoms with Crippen molar-refractivity contribution in [2.24, 2.45) is 5.73 Å². The minimum atomic E-state index is -4.89. The molecule has 1 aliphatic carbocycles. The van der Waals surface area contributed by atoms with E-state index in [9.17, 15) is 22.4 Å². The van der Waals surface area contributed by atoms with E-state index in [1.165, 1.54) is 6.07 Å². The van der Waals surface area contributed by atoms with Crippen molar-refractivity contribution in [3.05, 3.63) is 76.9 Å². The van der Waals surface area contributed by atoms with Crippen molar-refractivity contribution in [2.45, 2.75) is 19.0 Å². The van der Waals surface area contributed by atoms with Crippen molar-refractivity contribution in [1.29, 1.82) is 0 Å². The van der Waals surface area contributed by atoms with Gasteiger partial charge in [-0.15, -0.1) is 0 Å². The van der Waals surface area contributed by atoms with Crippen LogP contribution in [-0.2, 0) is 19.0 Å². The molecule has 4 aromatic rings. The number of hydrogen-bond donors (Lipinski definition) is 3. The van der Waals surface area contributed by atoms with Crippen molar-refractivity contribution in [3.63, 3.8) is 0 Å². The molecule has 9 heteroatoms. The van der Waals surface area contributed by atoms with E-state index in [4.69, 9.17) is 5.73 Å². The highest BCUT2D eigenvalue weighted by Gasteiger charge is 2.34. The number of anilines is 1. The number of fused-ring (bicyclic) bond motifs is 5. The summed E-state index contributed by atoms with van der Waals surface area (Å²) >= 11 is 0. The van der Waals surface area contributed by atoms with Gasteiger partial charge in [0, 0.05) is 22.2 Å². The summed E-state index contributed by atoms with van der Waals surface area (Å²) in [5.41, 5.74) is 7.69. The molecule has 0 saturated carbocycles. The summed E-state index contributed by atoms with van der Waals surface area (Å²) < 4.78 is 68.5. The zero-order chi connectivity index (χ0) is 23.5. The molecule has 0 radical (unpaired) electrons. The van der Waals surface area contributed by atoms with Crippen LogP contribution in [0.1, 0.15) is 16.7 Å². The standard InChI is InChI=1S/C24H16F5N3O/c25-19-8-2-12(10-18(19)24(27,28)29)14-6-7-17-16-4-1-11-9-13(31-23(30)33)3-5-15(11)21(16)32-22(17)20(14)26/h2-3,5-10,32H,1,4H2,(H3,30,31,33). The Morgan fingerprint density at radius 3 is 2.45 bits per heavy atom. The number of carbonyl (C=O) groups excluding carboxylic acids is 1. The summed E-state index contributed by atoms with van der Waals surface area (Å²) in [4.78, 5) is 14.2. The van der Waals surface area contributed by atoms with Gasteiger partial charge >= 0.3 is 12.2 Å². The first kappa shape index (κ1) is 21.0. The summed E-state index contributed by atoms with van der Waals surface area (Å²) in [6, 6.07) is 10.1. The number of nitrogens with two attached hydrogens (primary N) is 1. The molecule has 3 aromatic carbocycles. The zero-order valence-corrected chi connectivity index (χ0v) is 16.9. The lowest BCUT2D eigenvalue weighted by Gasteiger charge is -2.17. The molecular formula is C24H16F5N3O. The number of aromatic amines is 1. The molecule has 33 heavy (non-hydrogen) atoms. The Labute approximate surface area is 184 Å². The van der Waals surface area contributed by atoms with Crippen molar-refractivity contribution >= 4 is 22.6 Å². The number of primary amides is 1. The number of benzene rings is 3. The summed E-state index contributed by atoms with van der Waals surface area (Å²) in [5.74, 6) is -2.12. The number of H-pyrrole nitrogens is 1. The van der Waals surface area contributed by atoms with Crippen LogP contribution in [0.5, 0.6) is 0 Å². The van der Waals surface area contributed by atoms with Gasteiger partial charge in [-0.25, -0.2) is 13.6 Å². The average molecular weight is 457 g/mol. The Bertz CT molecular complexity index is 1440. The fourth-order valence-electron chi connectivity index (χ4n) is 4.43. The Morgan fingerprint density at radius 2 is 1.73 bits per heavy atom. The first-order valence-corrected chi connectivity index (χ1v) is 10.0. The Morgan fingerprint density at radius 1 is 0.970 bits per heavy atom. The van der Waals surface area contributed by atoms with Crippen molar-refractivity contribution in [3.8, 4) is 22.4 Å². The van der Waals surface area contributed by atoms with Gasteiger partial charge in [0.05, 0.1) is 16.8 Å². The zero-order valence-electron chi connectivity index (χ0n) is 16.9. The predicted octanol–water partition coefficient (Wildman–Crippen LogP) is 6.39. The fourth-order valence-corrected chi connectivity index (χ4v) is 4.43. The van der Waals surface area contributed by atoms with Gasteiger partial charge in [-0.05, 0) is 53.8 Å². The van der Waals surface area contributed by atoms with E-state index in [0.29, 0.717) is 41.7 Å². The van der Waals surface area contributed by atoms with Gasteiger partial charge in [-0.1, -0.05) is 24.3 Å². The number of nitrogens with one attached hydrogen (secondary N) is 2. The minimum Gasteiger partial charge on any atom is -0.352 e. The molecule has 0 bridgehead atoms. The molecule has 5 rings (SSSR count). The van der Waals surface area contributed by atoms with Crippen molar-refractivity contribution < 1.29 is 26.7 Å². The topological polar surface area (TPSA) is 70.9 Å². The predicted molar refractivity (Wildman–Crippen MR) is 115 cm³/mol. The number of amides is 2. The third kappa shape index (κ3) is 3.49. The van der Waals surface area contributed by atoms with E-state index in [2.05, 4.69) is 10.3 Å². The molecule has 4 N–H and O–H groups in total. The molecule has 1 aliphatic rings. The smallest absolute Gasteiger partial charge is 0.352 e. The number of hydrogen-bond acceptors (Lipinski definition) is 1. The maximum Gasteiger partial charge on any atom is 0.419 e. The van der Waals surface area contributed by atoms with Crippen LogP contribution in [-0.4, -0.2) is 11.0 Å². The monoisotopic (exact) mass is 457 g/mol. The molecule has 0 fully saturated rings. The summed E-state index contributed by atoms with van der Waals surface area (Å²) in [7, 11) is 0. The summed E-state index contributed by atoms with van der Waals surface area (Å²) in [6.07, 6.45) is -3.63. The fraction of sp³-hybridized carbons (Fsp3) is 0.125. The summed E-state index contributed by atoms with van der Waals surface area (Å²) in [5, 5.41) is 3.15. The second-order valence-corrected chi connectivity index (χ2v) is 7.88. The normalized spacial score (nSPS) is 13.0. The first-order valence-electron chi connectivity index (χ1n) is 10.0. The van der Waals surface area contributed by atoms with Crippen LogP contribution >= 0.6 is 0 Å². The van der Waals surface area contributed by atoms with Crippen LogP contribution in [0.15, 0.2) is 48.5 Å². The molecule has 1 heterocycles. The van der Waals surface area contributed by atoms with E-state index in [-0.39, 0.29) is 16.6 Å².